The van der Waals surface area contributed by atoms with Gasteiger partial charge in [-0.05, 0) is 11.1 Å². The number of hydrogen-bond donors (Lipinski definition) is 0. The summed E-state index contributed by atoms with van der Waals surface area (Å²) in [4.78, 5) is 16.2. The molecule has 4 nitrogen and oxygen atoms in total. The van der Waals surface area contributed by atoms with Crippen molar-refractivity contribution in [1.29, 1.82) is 0 Å². The Kier molecular flexibility index (Phi) is 4.45. The summed E-state index contributed by atoms with van der Waals surface area (Å²) in [5.41, 5.74) is 2.33. The Labute approximate surface area is 101 Å². The van der Waals surface area contributed by atoms with Gasteiger partial charge in [-0.3, -0.25) is 4.90 Å². The third kappa shape index (κ3) is 3.49. The van der Waals surface area contributed by atoms with Crippen LogP contribution in [0.15, 0.2) is 29.3 Å². The Hall–Kier alpha value is -1.48. The van der Waals surface area contributed by atoms with Crippen LogP contribution in [-0.4, -0.2) is 37.3 Å². The first kappa shape index (κ1) is 12.0. The summed E-state index contributed by atoms with van der Waals surface area (Å²) in [6.07, 6.45) is 1.59. The quantitative estimate of drug-likeness (QED) is 0.581. The molecule has 0 unspecified atom stereocenters. The summed E-state index contributed by atoms with van der Waals surface area (Å²) in [5, 5.41) is 0. The van der Waals surface area contributed by atoms with Gasteiger partial charge >= 0.3 is 0 Å². The highest BCUT2D eigenvalue weighted by Crippen LogP contribution is 2.13. The highest BCUT2D eigenvalue weighted by atomic mass is 16.5. The van der Waals surface area contributed by atoms with Gasteiger partial charge in [0.1, 0.15) is 0 Å². The van der Waals surface area contributed by atoms with Gasteiger partial charge in [0, 0.05) is 19.6 Å². The van der Waals surface area contributed by atoms with Crippen LogP contribution in [0.1, 0.15) is 11.1 Å². The van der Waals surface area contributed by atoms with Gasteiger partial charge in [0.15, 0.2) is 0 Å². The molecule has 17 heavy (non-hydrogen) atoms. The van der Waals surface area contributed by atoms with Gasteiger partial charge in [-0.1, -0.05) is 24.3 Å². The molecule has 1 aliphatic rings. The Morgan fingerprint density at radius 1 is 1.24 bits per heavy atom. The largest absolute Gasteiger partial charge is 0.379 e. The Morgan fingerprint density at radius 3 is 2.65 bits per heavy atom. The maximum absolute atomic E-state index is 10.2. The zero-order chi connectivity index (χ0) is 11.9. The molecule has 1 saturated heterocycles. The zero-order valence-electron chi connectivity index (χ0n) is 9.76. The number of ether oxygens (including phenoxy) is 1. The minimum atomic E-state index is 0.421. The van der Waals surface area contributed by atoms with Gasteiger partial charge in [0.25, 0.3) is 0 Å². The van der Waals surface area contributed by atoms with Gasteiger partial charge in [-0.2, -0.15) is 0 Å². The summed E-state index contributed by atoms with van der Waals surface area (Å²) < 4.78 is 5.32. The van der Waals surface area contributed by atoms with Crippen LogP contribution < -0.4 is 0 Å². The third-order valence-corrected chi connectivity index (χ3v) is 2.93. The normalized spacial score (nSPS) is 16.5. The summed E-state index contributed by atoms with van der Waals surface area (Å²) in [7, 11) is 0. The molecule has 1 fully saturated rings. The predicted molar refractivity (Wildman–Crippen MR) is 64.4 cm³/mol. The van der Waals surface area contributed by atoms with Gasteiger partial charge in [-0.15, -0.1) is 0 Å². The van der Waals surface area contributed by atoms with Crippen LogP contribution in [0.3, 0.4) is 0 Å². The first-order valence-corrected chi connectivity index (χ1v) is 5.80. The van der Waals surface area contributed by atoms with Crippen LogP contribution in [0.4, 0.5) is 0 Å². The summed E-state index contributed by atoms with van der Waals surface area (Å²) in [6, 6.07) is 8.09. The van der Waals surface area contributed by atoms with Gasteiger partial charge in [0.2, 0.25) is 6.08 Å². The average Bonchev–Trinajstić information content (AvgIpc) is 2.39. The molecular formula is C13H16N2O2. The standard InChI is InChI=1S/C13H16N2O2/c16-11-14-9-12-3-1-2-4-13(12)10-15-5-7-17-8-6-15/h1-4H,5-10H2. The van der Waals surface area contributed by atoms with Crippen molar-refractivity contribution < 1.29 is 9.53 Å². The topological polar surface area (TPSA) is 41.9 Å². The maximum Gasteiger partial charge on any atom is 0.235 e. The van der Waals surface area contributed by atoms with E-state index < -0.39 is 0 Å². The molecule has 0 aliphatic carbocycles. The molecule has 1 aliphatic heterocycles. The molecule has 0 bridgehead atoms. The smallest absolute Gasteiger partial charge is 0.235 e. The van der Waals surface area contributed by atoms with E-state index in [4.69, 9.17) is 4.74 Å². The number of morpholine rings is 1. The summed E-state index contributed by atoms with van der Waals surface area (Å²) in [5.74, 6) is 0. The Morgan fingerprint density at radius 2 is 1.94 bits per heavy atom. The number of carbonyl (C=O) groups excluding carboxylic acids is 1. The van der Waals surface area contributed by atoms with E-state index in [2.05, 4.69) is 16.0 Å². The van der Waals surface area contributed by atoms with Crippen molar-refractivity contribution in [2.24, 2.45) is 4.99 Å². The fraction of sp³-hybridized carbons (Fsp3) is 0.462. The molecule has 0 aromatic heterocycles. The average molecular weight is 232 g/mol. The Bertz CT molecular complexity index is 408. The Balaban J connectivity index is 2.05. The fourth-order valence-electron chi connectivity index (χ4n) is 1.98. The van der Waals surface area contributed by atoms with Crippen molar-refractivity contribution in [3.63, 3.8) is 0 Å². The SMILES string of the molecule is O=C=NCc1ccccc1CN1CCOCC1. The molecule has 0 saturated carbocycles. The lowest BCUT2D eigenvalue weighted by molar-refractivity contribution is 0.0341. The van der Waals surface area contributed by atoms with E-state index in [1.807, 2.05) is 18.2 Å². The number of hydrogen-bond acceptors (Lipinski definition) is 4. The van der Waals surface area contributed by atoms with Crippen molar-refractivity contribution >= 4 is 6.08 Å². The van der Waals surface area contributed by atoms with E-state index in [1.165, 1.54) is 5.56 Å². The second-order valence-electron chi connectivity index (χ2n) is 4.06. The van der Waals surface area contributed by atoms with Crippen LogP contribution in [0.5, 0.6) is 0 Å². The molecular weight excluding hydrogens is 216 g/mol. The maximum atomic E-state index is 10.2. The lowest BCUT2D eigenvalue weighted by atomic mass is 10.1. The minimum Gasteiger partial charge on any atom is -0.379 e. The zero-order valence-corrected chi connectivity index (χ0v) is 9.76. The highest BCUT2D eigenvalue weighted by molar-refractivity contribution is 5.35. The lowest BCUT2D eigenvalue weighted by Crippen LogP contribution is -2.35. The number of rotatable bonds is 4. The first-order valence-electron chi connectivity index (χ1n) is 5.80. The van der Waals surface area contributed by atoms with Crippen molar-refractivity contribution in [2.45, 2.75) is 13.1 Å². The van der Waals surface area contributed by atoms with Gasteiger partial charge in [-0.25, -0.2) is 9.79 Å². The molecule has 0 amide bonds. The fourth-order valence-corrected chi connectivity index (χ4v) is 1.98. The minimum absolute atomic E-state index is 0.421. The molecule has 90 valence electrons. The predicted octanol–water partition coefficient (Wildman–Crippen LogP) is 1.35. The first-order chi connectivity index (χ1) is 8.40. The van der Waals surface area contributed by atoms with Crippen LogP contribution in [0, 0.1) is 0 Å². The van der Waals surface area contributed by atoms with E-state index >= 15 is 0 Å². The molecule has 0 N–H and O–H groups in total. The number of nitrogens with zero attached hydrogens (tertiary/aromatic N) is 2. The van der Waals surface area contributed by atoms with E-state index in [1.54, 1.807) is 6.08 Å². The second kappa shape index (κ2) is 6.30. The van der Waals surface area contributed by atoms with Gasteiger partial charge < -0.3 is 4.74 Å². The lowest BCUT2D eigenvalue weighted by Gasteiger charge is -2.27. The van der Waals surface area contributed by atoms with E-state index in [-0.39, 0.29) is 0 Å². The number of isocyanates is 1. The summed E-state index contributed by atoms with van der Waals surface area (Å²) >= 11 is 0. The molecule has 4 heteroatoms. The molecule has 0 spiro atoms. The molecule has 1 aromatic carbocycles. The van der Waals surface area contributed by atoms with Crippen LogP contribution >= 0.6 is 0 Å². The second-order valence-corrected chi connectivity index (χ2v) is 4.06. The van der Waals surface area contributed by atoms with Crippen LogP contribution in [0.25, 0.3) is 0 Å². The molecule has 0 atom stereocenters. The molecule has 0 radical (unpaired) electrons. The molecule has 1 aromatic rings. The number of benzene rings is 1. The molecule has 2 rings (SSSR count). The van der Waals surface area contributed by atoms with Crippen molar-refractivity contribution in [2.75, 3.05) is 26.3 Å². The van der Waals surface area contributed by atoms with Crippen molar-refractivity contribution in [1.82, 2.24) is 4.90 Å². The summed E-state index contributed by atoms with van der Waals surface area (Å²) in [6.45, 7) is 4.85. The van der Waals surface area contributed by atoms with E-state index in [9.17, 15) is 4.79 Å². The van der Waals surface area contributed by atoms with Crippen LogP contribution in [-0.2, 0) is 22.6 Å². The van der Waals surface area contributed by atoms with Crippen LogP contribution in [0.2, 0.25) is 0 Å². The highest BCUT2D eigenvalue weighted by Gasteiger charge is 2.12. The van der Waals surface area contributed by atoms with Crippen molar-refractivity contribution in [3.05, 3.63) is 35.4 Å². The molecule has 1 heterocycles. The third-order valence-electron chi connectivity index (χ3n) is 2.93. The van der Waals surface area contributed by atoms with E-state index in [0.29, 0.717) is 6.54 Å². The van der Waals surface area contributed by atoms with Gasteiger partial charge in [0.05, 0.1) is 19.8 Å². The van der Waals surface area contributed by atoms with Crippen molar-refractivity contribution in [3.8, 4) is 0 Å². The monoisotopic (exact) mass is 232 g/mol. The van der Waals surface area contributed by atoms with E-state index in [0.717, 1.165) is 38.4 Å². The number of aliphatic imine (C=N–C) groups is 1.